The Bertz CT molecular complexity index is 567. The van der Waals surface area contributed by atoms with Crippen LogP contribution in [0, 0.1) is 6.92 Å². The molecule has 0 bridgehead atoms. The Kier molecular flexibility index (Phi) is 2.61. The zero-order chi connectivity index (χ0) is 12.6. The van der Waals surface area contributed by atoms with E-state index in [0.717, 1.165) is 0 Å². The van der Waals surface area contributed by atoms with Crippen LogP contribution in [0.25, 0.3) is 11.2 Å². The predicted octanol–water partition coefficient (Wildman–Crippen LogP) is 2.52. The minimum absolute atomic E-state index is 0.448. The van der Waals surface area contributed by atoms with Gasteiger partial charge in [0.2, 0.25) is 0 Å². The van der Waals surface area contributed by atoms with Crippen LogP contribution in [0.15, 0.2) is 18.3 Å². The van der Waals surface area contributed by atoms with E-state index in [4.69, 9.17) is 4.74 Å². The molecule has 0 aliphatic rings. The fourth-order valence-corrected chi connectivity index (χ4v) is 1.55. The first-order valence-corrected chi connectivity index (χ1v) is 5.42. The van der Waals surface area contributed by atoms with Gasteiger partial charge in [-0.05, 0) is 39.8 Å². The molecule has 0 saturated heterocycles. The highest BCUT2D eigenvalue weighted by Gasteiger charge is 2.21. The number of fused-ring (bicyclic) bond motifs is 1. The quantitative estimate of drug-likeness (QED) is 0.701. The summed E-state index contributed by atoms with van der Waals surface area (Å²) in [5.74, 6) is 0.577. The van der Waals surface area contributed by atoms with Crippen molar-refractivity contribution in [1.82, 2.24) is 14.5 Å². The molecule has 0 spiro atoms. The van der Waals surface area contributed by atoms with Crippen LogP contribution in [0.5, 0.6) is 0 Å². The number of hydrogen-bond acceptors (Lipinski definition) is 4. The molecule has 0 atom stereocenters. The molecular formula is C12H15N3O2. The van der Waals surface area contributed by atoms with Gasteiger partial charge in [-0.15, -0.1) is 0 Å². The van der Waals surface area contributed by atoms with E-state index in [0.29, 0.717) is 17.0 Å². The SMILES string of the molecule is Cc1nc2cccnc2n1C(=O)OC(C)(C)C. The second-order valence-electron chi connectivity index (χ2n) is 4.82. The Labute approximate surface area is 99.4 Å². The lowest BCUT2D eigenvalue weighted by Crippen LogP contribution is -2.27. The highest BCUT2D eigenvalue weighted by Crippen LogP contribution is 2.16. The Morgan fingerprint density at radius 3 is 2.76 bits per heavy atom. The zero-order valence-electron chi connectivity index (χ0n) is 10.4. The Balaban J connectivity index is 2.48. The van der Waals surface area contributed by atoms with Gasteiger partial charge in [0.15, 0.2) is 5.65 Å². The third kappa shape index (κ3) is 2.27. The van der Waals surface area contributed by atoms with Gasteiger partial charge in [-0.1, -0.05) is 0 Å². The van der Waals surface area contributed by atoms with Gasteiger partial charge in [-0.3, -0.25) is 0 Å². The minimum atomic E-state index is -0.533. The average Bonchev–Trinajstić information content (AvgIpc) is 2.50. The summed E-state index contributed by atoms with van der Waals surface area (Å²) in [6.45, 7) is 7.23. The van der Waals surface area contributed by atoms with Gasteiger partial charge < -0.3 is 4.74 Å². The molecule has 2 aromatic rings. The van der Waals surface area contributed by atoms with Gasteiger partial charge in [-0.25, -0.2) is 19.3 Å². The van der Waals surface area contributed by atoms with Crippen LogP contribution < -0.4 is 0 Å². The molecule has 2 aromatic heterocycles. The second kappa shape index (κ2) is 3.84. The fourth-order valence-electron chi connectivity index (χ4n) is 1.55. The van der Waals surface area contributed by atoms with Crippen LogP contribution in [-0.4, -0.2) is 26.2 Å². The van der Waals surface area contributed by atoms with Crippen molar-refractivity contribution in [2.45, 2.75) is 33.3 Å². The molecule has 2 rings (SSSR count). The predicted molar refractivity (Wildman–Crippen MR) is 63.9 cm³/mol. The molecule has 0 aromatic carbocycles. The maximum absolute atomic E-state index is 12.0. The highest BCUT2D eigenvalue weighted by atomic mass is 16.6. The Morgan fingerprint density at radius 1 is 1.41 bits per heavy atom. The van der Waals surface area contributed by atoms with Crippen LogP contribution >= 0.6 is 0 Å². The van der Waals surface area contributed by atoms with Gasteiger partial charge in [0.05, 0.1) is 0 Å². The summed E-state index contributed by atoms with van der Waals surface area (Å²) in [4.78, 5) is 20.4. The number of imidazole rings is 1. The number of aromatic nitrogens is 3. The molecule has 0 fully saturated rings. The van der Waals surface area contributed by atoms with E-state index in [1.807, 2.05) is 26.8 Å². The molecule has 5 nitrogen and oxygen atoms in total. The molecule has 0 radical (unpaired) electrons. The van der Waals surface area contributed by atoms with Crippen molar-refractivity contribution >= 4 is 17.3 Å². The molecule has 0 saturated carbocycles. The standard InChI is InChI=1S/C12H15N3O2/c1-8-14-9-6-5-7-13-10(9)15(8)11(16)17-12(2,3)4/h5-7H,1-4H3. The van der Waals surface area contributed by atoms with E-state index in [2.05, 4.69) is 9.97 Å². The molecule has 5 heteroatoms. The molecule has 2 heterocycles. The van der Waals surface area contributed by atoms with Gasteiger partial charge in [0.25, 0.3) is 0 Å². The van der Waals surface area contributed by atoms with E-state index < -0.39 is 11.7 Å². The van der Waals surface area contributed by atoms with Gasteiger partial charge in [0.1, 0.15) is 16.9 Å². The first kappa shape index (κ1) is 11.6. The summed E-state index contributed by atoms with van der Waals surface area (Å²) in [6.07, 6.45) is 1.18. The van der Waals surface area contributed by atoms with Crippen LogP contribution in [-0.2, 0) is 4.74 Å². The maximum atomic E-state index is 12.0. The van der Waals surface area contributed by atoms with Gasteiger partial charge in [0, 0.05) is 6.20 Å². The van der Waals surface area contributed by atoms with Crippen molar-refractivity contribution in [2.75, 3.05) is 0 Å². The maximum Gasteiger partial charge on any atom is 0.421 e. The average molecular weight is 233 g/mol. The first-order valence-electron chi connectivity index (χ1n) is 5.42. The van der Waals surface area contributed by atoms with Crippen LogP contribution in [0.2, 0.25) is 0 Å². The largest absolute Gasteiger partial charge is 0.443 e. The normalized spacial score (nSPS) is 11.8. The summed E-state index contributed by atoms with van der Waals surface area (Å²) >= 11 is 0. The van der Waals surface area contributed by atoms with Crippen molar-refractivity contribution in [1.29, 1.82) is 0 Å². The molecule has 0 amide bonds. The molecule has 17 heavy (non-hydrogen) atoms. The van der Waals surface area contributed by atoms with Crippen molar-refractivity contribution in [2.24, 2.45) is 0 Å². The first-order chi connectivity index (χ1) is 7.88. The smallest absolute Gasteiger partial charge is 0.421 e. The lowest BCUT2D eigenvalue weighted by molar-refractivity contribution is 0.0540. The number of hydrogen-bond donors (Lipinski definition) is 0. The minimum Gasteiger partial charge on any atom is -0.443 e. The second-order valence-corrected chi connectivity index (χ2v) is 4.82. The third-order valence-corrected chi connectivity index (χ3v) is 2.16. The number of ether oxygens (including phenoxy) is 1. The monoisotopic (exact) mass is 233 g/mol. The lowest BCUT2D eigenvalue weighted by atomic mass is 10.2. The van der Waals surface area contributed by atoms with Crippen LogP contribution in [0.1, 0.15) is 26.6 Å². The van der Waals surface area contributed by atoms with E-state index in [1.165, 1.54) is 4.57 Å². The van der Waals surface area contributed by atoms with E-state index in [9.17, 15) is 4.79 Å². The molecule has 0 unspecified atom stereocenters. The fraction of sp³-hybridized carbons (Fsp3) is 0.417. The molecule has 0 N–H and O–H groups in total. The number of rotatable bonds is 0. The van der Waals surface area contributed by atoms with Crippen LogP contribution in [0.4, 0.5) is 4.79 Å². The number of carbonyl (C=O) groups excluding carboxylic acids is 1. The van der Waals surface area contributed by atoms with Crippen molar-refractivity contribution in [3.63, 3.8) is 0 Å². The molecule has 0 aliphatic carbocycles. The van der Waals surface area contributed by atoms with Crippen molar-refractivity contribution < 1.29 is 9.53 Å². The summed E-state index contributed by atoms with van der Waals surface area (Å²) in [6, 6.07) is 3.60. The van der Waals surface area contributed by atoms with Gasteiger partial charge in [-0.2, -0.15) is 0 Å². The topological polar surface area (TPSA) is 57.0 Å². The van der Waals surface area contributed by atoms with E-state index >= 15 is 0 Å². The molecular weight excluding hydrogens is 218 g/mol. The number of nitrogens with zero attached hydrogens (tertiary/aromatic N) is 3. The number of carbonyl (C=O) groups is 1. The summed E-state index contributed by atoms with van der Waals surface area (Å²) < 4.78 is 6.70. The number of pyridine rings is 1. The Hall–Kier alpha value is -1.91. The number of aryl methyl sites for hydroxylation is 1. The Morgan fingerprint density at radius 2 is 2.12 bits per heavy atom. The lowest BCUT2D eigenvalue weighted by Gasteiger charge is -2.19. The van der Waals surface area contributed by atoms with E-state index in [-0.39, 0.29) is 0 Å². The van der Waals surface area contributed by atoms with E-state index in [1.54, 1.807) is 19.2 Å². The van der Waals surface area contributed by atoms with Gasteiger partial charge >= 0.3 is 6.09 Å². The molecule has 90 valence electrons. The molecule has 0 aliphatic heterocycles. The van der Waals surface area contributed by atoms with Crippen molar-refractivity contribution in [3.8, 4) is 0 Å². The zero-order valence-corrected chi connectivity index (χ0v) is 10.4. The summed E-state index contributed by atoms with van der Waals surface area (Å²) in [5.41, 5.74) is 0.685. The highest BCUT2D eigenvalue weighted by molar-refractivity contribution is 5.84. The van der Waals surface area contributed by atoms with Crippen LogP contribution in [0.3, 0.4) is 0 Å². The third-order valence-electron chi connectivity index (χ3n) is 2.16. The summed E-state index contributed by atoms with van der Waals surface area (Å²) in [7, 11) is 0. The summed E-state index contributed by atoms with van der Waals surface area (Å²) in [5, 5.41) is 0. The van der Waals surface area contributed by atoms with Crippen molar-refractivity contribution in [3.05, 3.63) is 24.2 Å².